The normalized spacial score (nSPS) is 13.6. The Morgan fingerprint density at radius 1 is 1.28 bits per heavy atom. The highest BCUT2D eigenvalue weighted by atomic mass is 79.9. The van der Waals surface area contributed by atoms with Crippen molar-refractivity contribution in [2.45, 2.75) is 24.7 Å². The molecule has 132 valence electrons. The van der Waals surface area contributed by atoms with Crippen molar-refractivity contribution in [3.63, 3.8) is 0 Å². The number of rotatable bonds is 4. The number of benzene rings is 2. The third kappa shape index (κ3) is 3.68. The number of nitrogens with zero attached hydrogens (tertiary/aromatic N) is 1. The summed E-state index contributed by atoms with van der Waals surface area (Å²) in [7, 11) is -3.74. The molecule has 0 aromatic heterocycles. The summed E-state index contributed by atoms with van der Waals surface area (Å²) < 4.78 is 28.5. The average Bonchev–Trinajstić information content (AvgIpc) is 3.00. The zero-order valence-corrected chi connectivity index (χ0v) is 16.6. The van der Waals surface area contributed by atoms with Crippen molar-refractivity contribution in [1.82, 2.24) is 0 Å². The molecular formula is C17H16BrClN2O3S. The van der Waals surface area contributed by atoms with Crippen molar-refractivity contribution in [2.24, 2.45) is 0 Å². The zero-order valence-electron chi connectivity index (χ0n) is 13.4. The van der Waals surface area contributed by atoms with Crippen LogP contribution in [0.2, 0.25) is 5.02 Å². The Morgan fingerprint density at radius 2 is 2.04 bits per heavy atom. The van der Waals surface area contributed by atoms with E-state index < -0.39 is 10.0 Å². The van der Waals surface area contributed by atoms with E-state index in [-0.39, 0.29) is 10.8 Å². The number of amides is 1. The minimum atomic E-state index is -3.74. The number of hydrogen-bond donors (Lipinski definition) is 1. The Labute approximate surface area is 160 Å². The van der Waals surface area contributed by atoms with E-state index in [9.17, 15) is 13.2 Å². The molecule has 0 fully saturated rings. The molecule has 5 nitrogen and oxygen atoms in total. The molecule has 25 heavy (non-hydrogen) atoms. The zero-order chi connectivity index (χ0) is 18.2. The first-order chi connectivity index (χ1) is 11.8. The van der Waals surface area contributed by atoms with Gasteiger partial charge in [-0.15, -0.1) is 0 Å². The van der Waals surface area contributed by atoms with Crippen molar-refractivity contribution in [2.75, 3.05) is 16.2 Å². The lowest BCUT2D eigenvalue weighted by molar-refractivity contribution is -0.118. The first-order valence-corrected chi connectivity index (χ1v) is 10.4. The molecule has 1 aliphatic rings. The van der Waals surface area contributed by atoms with Crippen LogP contribution in [0.1, 0.15) is 18.9 Å². The molecule has 0 saturated heterocycles. The van der Waals surface area contributed by atoms with Crippen LogP contribution in [0.15, 0.2) is 45.8 Å². The molecule has 0 radical (unpaired) electrons. The van der Waals surface area contributed by atoms with Gasteiger partial charge in [0, 0.05) is 23.1 Å². The number of carbonyl (C=O) groups is 1. The molecule has 0 spiro atoms. The second-order valence-corrected chi connectivity index (χ2v) is 8.62. The van der Waals surface area contributed by atoms with Crippen LogP contribution in [0.5, 0.6) is 0 Å². The third-order valence-electron chi connectivity index (χ3n) is 4.03. The van der Waals surface area contributed by atoms with Crippen LogP contribution in [-0.4, -0.2) is 20.9 Å². The van der Waals surface area contributed by atoms with Gasteiger partial charge >= 0.3 is 0 Å². The Balaban J connectivity index is 1.89. The number of carbonyl (C=O) groups excluding carboxylic acids is 1. The minimum absolute atomic E-state index is 0.0389. The molecule has 0 bridgehead atoms. The van der Waals surface area contributed by atoms with E-state index in [1.165, 1.54) is 12.1 Å². The quantitative estimate of drug-likeness (QED) is 0.770. The molecule has 0 aliphatic carbocycles. The maximum Gasteiger partial charge on any atom is 0.261 e. The van der Waals surface area contributed by atoms with Crippen molar-refractivity contribution >= 4 is 54.8 Å². The van der Waals surface area contributed by atoms with Crippen LogP contribution in [0.4, 0.5) is 11.4 Å². The Morgan fingerprint density at radius 3 is 2.72 bits per heavy atom. The summed E-state index contributed by atoms with van der Waals surface area (Å²) in [5.74, 6) is 0.0389. The second kappa shape index (κ2) is 6.97. The largest absolute Gasteiger partial charge is 0.312 e. The van der Waals surface area contributed by atoms with Gasteiger partial charge in [0.25, 0.3) is 10.0 Å². The fourth-order valence-electron chi connectivity index (χ4n) is 2.77. The fourth-order valence-corrected chi connectivity index (χ4v) is 4.30. The number of fused-ring (bicyclic) bond motifs is 1. The van der Waals surface area contributed by atoms with Gasteiger partial charge in [0.1, 0.15) is 0 Å². The number of hydrogen-bond acceptors (Lipinski definition) is 3. The standard InChI is InChI=1S/C17H16BrClN2O3S/c1-2-17(22)21-8-7-11-9-13(4-6-16(11)21)25(23,24)20-12-3-5-14(18)15(19)10-12/h3-6,9-10,20H,2,7-8H2,1H3. The number of anilines is 2. The lowest BCUT2D eigenvalue weighted by atomic mass is 10.2. The molecule has 2 aromatic carbocycles. The van der Waals surface area contributed by atoms with Crippen LogP contribution in [0.25, 0.3) is 0 Å². The van der Waals surface area contributed by atoms with Gasteiger partial charge in [-0.2, -0.15) is 0 Å². The van der Waals surface area contributed by atoms with Crippen LogP contribution in [-0.2, 0) is 21.2 Å². The van der Waals surface area contributed by atoms with Crippen molar-refractivity contribution < 1.29 is 13.2 Å². The summed E-state index contributed by atoms with van der Waals surface area (Å²) in [4.78, 5) is 13.8. The van der Waals surface area contributed by atoms with Gasteiger partial charge in [-0.25, -0.2) is 8.42 Å². The average molecular weight is 444 g/mol. The van der Waals surface area contributed by atoms with Crippen LogP contribution in [0, 0.1) is 0 Å². The molecule has 0 saturated carbocycles. The fraction of sp³-hybridized carbons (Fsp3) is 0.235. The summed E-state index contributed by atoms with van der Waals surface area (Å²) in [6.45, 7) is 2.40. The number of sulfonamides is 1. The van der Waals surface area contributed by atoms with Gasteiger partial charge in [-0.05, 0) is 64.3 Å². The van der Waals surface area contributed by atoms with Gasteiger partial charge < -0.3 is 4.90 Å². The Kier molecular flexibility index (Phi) is 5.09. The molecule has 0 atom stereocenters. The van der Waals surface area contributed by atoms with Gasteiger partial charge in [0.05, 0.1) is 15.6 Å². The van der Waals surface area contributed by atoms with Crippen molar-refractivity contribution in [3.8, 4) is 0 Å². The first kappa shape index (κ1) is 18.2. The maximum atomic E-state index is 12.6. The van der Waals surface area contributed by atoms with E-state index in [1.54, 1.807) is 29.2 Å². The van der Waals surface area contributed by atoms with E-state index in [0.29, 0.717) is 34.6 Å². The smallest absolute Gasteiger partial charge is 0.261 e. The summed E-state index contributed by atoms with van der Waals surface area (Å²) in [6.07, 6.45) is 1.07. The van der Waals surface area contributed by atoms with E-state index in [2.05, 4.69) is 20.7 Å². The maximum absolute atomic E-state index is 12.6. The Hall–Kier alpha value is -1.57. The number of nitrogens with one attached hydrogen (secondary N) is 1. The highest BCUT2D eigenvalue weighted by molar-refractivity contribution is 9.10. The predicted octanol–water partition coefficient (Wildman–Crippen LogP) is 4.20. The third-order valence-corrected chi connectivity index (χ3v) is 6.64. The van der Waals surface area contributed by atoms with Gasteiger partial charge in [-0.3, -0.25) is 9.52 Å². The summed E-state index contributed by atoms with van der Waals surface area (Å²) in [6, 6.07) is 9.68. The minimum Gasteiger partial charge on any atom is -0.312 e. The lowest BCUT2D eigenvalue weighted by Gasteiger charge is -2.16. The molecule has 1 amide bonds. The van der Waals surface area contributed by atoms with E-state index in [4.69, 9.17) is 11.6 Å². The number of halogens is 2. The van der Waals surface area contributed by atoms with Gasteiger partial charge in [0.15, 0.2) is 0 Å². The topological polar surface area (TPSA) is 66.5 Å². The van der Waals surface area contributed by atoms with Crippen LogP contribution in [0.3, 0.4) is 0 Å². The molecule has 0 unspecified atom stereocenters. The lowest BCUT2D eigenvalue weighted by Crippen LogP contribution is -2.27. The molecular weight excluding hydrogens is 428 g/mol. The van der Waals surface area contributed by atoms with E-state index >= 15 is 0 Å². The summed E-state index contributed by atoms with van der Waals surface area (Å²) >= 11 is 9.28. The molecule has 1 aliphatic heterocycles. The van der Waals surface area contributed by atoms with Crippen molar-refractivity contribution in [3.05, 3.63) is 51.5 Å². The second-order valence-electron chi connectivity index (χ2n) is 5.67. The molecule has 1 N–H and O–H groups in total. The summed E-state index contributed by atoms with van der Waals surface area (Å²) in [5, 5.41) is 0.419. The van der Waals surface area contributed by atoms with E-state index in [0.717, 1.165) is 11.3 Å². The SMILES string of the molecule is CCC(=O)N1CCc2cc(S(=O)(=O)Nc3ccc(Br)c(Cl)c3)ccc21. The van der Waals surface area contributed by atoms with Crippen molar-refractivity contribution in [1.29, 1.82) is 0 Å². The molecule has 8 heteroatoms. The molecule has 1 heterocycles. The van der Waals surface area contributed by atoms with Gasteiger partial charge in [-0.1, -0.05) is 18.5 Å². The summed E-state index contributed by atoms with van der Waals surface area (Å²) in [5.41, 5.74) is 2.03. The first-order valence-electron chi connectivity index (χ1n) is 7.73. The highest BCUT2D eigenvalue weighted by Gasteiger charge is 2.25. The highest BCUT2D eigenvalue weighted by Crippen LogP contribution is 2.32. The predicted molar refractivity (Wildman–Crippen MR) is 103 cm³/mol. The van der Waals surface area contributed by atoms with Crippen LogP contribution >= 0.6 is 27.5 Å². The monoisotopic (exact) mass is 442 g/mol. The van der Waals surface area contributed by atoms with Crippen LogP contribution < -0.4 is 9.62 Å². The molecule has 3 rings (SSSR count). The Bertz CT molecular complexity index is 947. The van der Waals surface area contributed by atoms with Gasteiger partial charge in [0.2, 0.25) is 5.91 Å². The molecule has 2 aromatic rings. The van der Waals surface area contributed by atoms with E-state index in [1.807, 2.05) is 6.92 Å².